The van der Waals surface area contributed by atoms with Gasteiger partial charge >= 0.3 is 0 Å². The van der Waals surface area contributed by atoms with Crippen molar-refractivity contribution in [3.63, 3.8) is 0 Å². The van der Waals surface area contributed by atoms with E-state index in [4.69, 9.17) is 44.3 Å². The van der Waals surface area contributed by atoms with Crippen LogP contribution >= 0.6 is 46.1 Å². The van der Waals surface area contributed by atoms with Crippen molar-refractivity contribution in [3.05, 3.63) is 68.7 Å². The van der Waals surface area contributed by atoms with Crippen LogP contribution in [0.4, 0.5) is 0 Å². The molecule has 1 atom stereocenters. The molecule has 0 radical (unpaired) electrons. The van der Waals surface area contributed by atoms with Crippen LogP contribution < -0.4 is 14.8 Å². The van der Waals surface area contributed by atoms with E-state index < -0.39 is 0 Å². The lowest BCUT2D eigenvalue weighted by molar-refractivity contribution is 0.161. The molecular weight excluding hydrogens is 501 g/mol. The standard InChI is InChI=1S/C24H22Cl3N3O2S/c1-14(17-3-2-4-22(24(17)27)32-15-5-7-28-8-6-15)31-16-9-23(33-12-16)30-13-29-20-10-18(25)19(26)11-21(20)30/h2-4,9-15,28H,5-8H2,1H3/t14-/m1/s1. The molecule has 1 saturated heterocycles. The fraction of sp³-hybridized carbons (Fsp3) is 0.292. The van der Waals surface area contributed by atoms with Crippen molar-refractivity contribution >= 4 is 57.2 Å². The fourth-order valence-corrected chi connectivity index (χ4v) is 5.41. The highest BCUT2D eigenvalue weighted by molar-refractivity contribution is 7.12. The van der Waals surface area contributed by atoms with E-state index in [1.54, 1.807) is 23.7 Å². The minimum atomic E-state index is -0.246. The molecule has 0 saturated carbocycles. The van der Waals surface area contributed by atoms with Crippen molar-refractivity contribution in [2.75, 3.05) is 13.1 Å². The van der Waals surface area contributed by atoms with Crippen LogP contribution in [0.25, 0.3) is 16.0 Å². The Morgan fingerprint density at radius 2 is 1.91 bits per heavy atom. The third kappa shape index (κ3) is 4.81. The van der Waals surface area contributed by atoms with Gasteiger partial charge in [-0.2, -0.15) is 0 Å². The van der Waals surface area contributed by atoms with E-state index in [2.05, 4.69) is 10.3 Å². The zero-order chi connectivity index (χ0) is 22.9. The molecule has 1 aliphatic rings. The summed E-state index contributed by atoms with van der Waals surface area (Å²) in [5, 5.41) is 7.87. The molecule has 2 aromatic carbocycles. The number of rotatable bonds is 6. The van der Waals surface area contributed by atoms with Gasteiger partial charge in [0.05, 0.1) is 26.1 Å². The van der Waals surface area contributed by atoms with Crippen LogP contribution in [0.5, 0.6) is 11.5 Å². The molecule has 1 aliphatic heterocycles. The van der Waals surface area contributed by atoms with Gasteiger partial charge in [-0.25, -0.2) is 4.98 Å². The number of ether oxygens (including phenoxy) is 2. The molecule has 0 aliphatic carbocycles. The van der Waals surface area contributed by atoms with E-state index in [1.165, 1.54) is 0 Å². The molecule has 3 heterocycles. The summed E-state index contributed by atoms with van der Waals surface area (Å²) in [6, 6.07) is 11.4. The number of imidazole rings is 1. The Morgan fingerprint density at radius 1 is 1.12 bits per heavy atom. The molecule has 5 rings (SSSR count). The smallest absolute Gasteiger partial charge is 0.138 e. The number of nitrogens with zero attached hydrogens (tertiary/aromatic N) is 2. The largest absolute Gasteiger partial charge is 0.489 e. The molecular formula is C24H22Cl3N3O2S. The van der Waals surface area contributed by atoms with Crippen molar-refractivity contribution in [1.29, 1.82) is 0 Å². The Hall–Kier alpha value is -1.96. The van der Waals surface area contributed by atoms with E-state index in [0.29, 0.717) is 20.8 Å². The van der Waals surface area contributed by atoms with E-state index in [0.717, 1.165) is 53.3 Å². The van der Waals surface area contributed by atoms with E-state index in [9.17, 15) is 0 Å². The molecule has 0 bridgehead atoms. The predicted molar refractivity (Wildman–Crippen MR) is 136 cm³/mol. The summed E-state index contributed by atoms with van der Waals surface area (Å²) < 4.78 is 14.4. The monoisotopic (exact) mass is 521 g/mol. The van der Waals surface area contributed by atoms with Crippen LogP contribution in [0, 0.1) is 0 Å². The lowest BCUT2D eigenvalue weighted by atomic mass is 10.1. The second kappa shape index (κ2) is 9.72. The SMILES string of the molecule is C[C@@H](Oc1csc(-n2cnc3cc(Cl)c(Cl)cc32)c1)c1cccc(OC2CCNCC2)c1Cl. The minimum Gasteiger partial charge on any atom is -0.489 e. The number of aromatic nitrogens is 2. The zero-order valence-electron chi connectivity index (χ0n) is 17.9. The molecule has 0 amide bonds. The summed E-state index contributed by atoms with van der Waals surface area (Å²) in [6.07, 6.45) is 3.65. The van der Waals surface area contributed by atoms with Gasteiger partial charge < -0.3 is 14.8 Å². The molecule has 4 aromatic rings. The van der Waals surface area contributed by atoms with Gasteiger partial charge in [0.15, 0.2) is 0 Å². The maximum Gasteiger partial charge on any atom is 0.138 e. The number of piperidine rings is 1. The van der Waals surface area contributed by atoms with E-state index >= 15 is 0 Å². The van der Waals surface area contributed by atoms with Gasteiger partial charge in [0.2, 0.25) is 0 Å². The van der Waals surface area contributed by atoms with Crippen LogP contribution in [-0.2, 0) is 0 Å². The lowest BCUT2D eigenvalue weighted by Crippen LogP contribution is -2.34. The number of fused-ring (bicyclic) bond motifs is 1. The molecule has 2 aromatic heterocycles. The van der Waals surface area contributed by atoms with Gasteiger partial charge in [0.1, 0.15) is 35.0 Å². The van der Waals surface area contributed by atoms with Crippen LogP contribution in [0.3, 0.4) is 0 Å². The first-order chi connectivity index (χ1) is 16.0. The van der Waals surface area contributed by atoms with Crippen LogP contribution in [0.1, 0.15) is 31.4 Å². The number of halogens is 3. The molecule has 172 valence electrons. The quantitative estimate of drug-likeness (QED) is 0.288. The number of nitrogens with one attached hydrogen (secondary N) is 1. The maximum atomic E-state index is 6.71. The van der Waals surface area contributed by atoms with Crippen molar-refractivity contribution in [3.8, 4) is 16.5 Å². The highest BCUT2D eigenvalue weighted by Gasteiger charge is 2.20. The van der Waals surface area contributed by atoms with Crippen LogP contribution in [-0.4, -0.2) is 28.7 Å². The third-order valence-corrected chi connectivity index (χ3v) is 7.74. The first-order valence-electron chi connectivity index (χ1n) is 10.7. The second-order valence-corrected chi connectivity index (χ2v) is 10.1. The average molecular weight is 523 g/mol. The van der Waals surface area contributed by atoms with E-state index in [1.807, 2.05) is 47.2 Å². The summed E-state index contributed by atoms with van der Waals surface area (Å²) in [5.41, 5.74) is 2.56. The Labute approximate surface area is 211 Å². The first kappa shape index (κ1) is 22.8. The summed E-state index contributed by atoms with van der Waals surface area (Å²) in [7, 11) is 0. The fourth-order valence-electron chi connectivity index (χ4n) is 3.97. The number of hydrogen-bond acceptors (Lipinski definition) is 5. The van der Waals surface area contributed by atoms with Gasteiger partial charge in [-0.3, -0.25) is 4.57 Å². The highest BCUT2D eigenvalue weighted by Crippen LogP contribution is 2.37. The lowest BCUT2D eigenvalue weighted by Gasteiger charge is -2.25. The van der Waals surface area contributed by atoms with Gasteiger partial charge in [0, 0.05) is 17.0 Å². The minimum absolute atomic E-state index is 0.183. The molecule has 0 unspecified atom stereocenters. The topological polar surface area (TPSA) is 48.3 Å². The van der Waals surface area contributed by atoms with Gasteiger partial charge in [-0.1, -0.05) is 46.9 Å². The van der Waals surface area contributed by atoms with E-state index in [-0.39, 0.29) is 12.2 Å². The number of thiophene rings is 1. The first-order valence-corrected chi connectivity index (χ1v) is 12.7. The van der Waals surface area contributed by atoms with Crippen molar-refractivity contribution < 1.29 is 9.47 Å². The average Bonchev–Trinajstić information content (AvgIpc) is 3.43. The summed E-state index contributed by atoms with van der Waals surface area (Å²) in [5.74, 6) is 1.47. The molecule has 33 heavy (non-hydrogen) atoms. The number of hydrogen-bond donors (Lipinski definition) is 1. The summed E-state index contributed by atoms with van der Waals surface area (Å²) >= 11 is 20.6. The molecule has 0 spiro atoms. The number of benzene rings is 2. The van der Waals surface area contributed by atoms with Crippen molar-refractivity contribution in [2.45, 2.75) is 32.0 Å². The van der Waals surface area contributed by atoms with Gasteiger partial charge in [-0.15, -0.1) is 11.3 Å². The molecule has 9 heteroatoms. The Kier molecular flexibility index (Phi) is 6.72. The van der Waals surface area contributed by atoms with Gasteiger partial charge in [0.25, 0.3) is 0 Å². The molecule has 1 N–H and O–H groups in total. The predicted octanol–water partition coefficient (Wildman–Crippen LogP) is 7.32. The van der Waals surface area contributed by atoms with Crippen LogP contribution in [0.15, 0.2) is 48.1 Å². The Bertz CT molecular complexity index is 1280. The van der Waals surface area contributed by atoms with Crippen molar-refractivity contribution in [1.82, 2.24) is 14.9 Å². The Balaban J connectivity index is 1.34. The van der Waals surface area contributed by atoms with Crippen LogP contribution in [0.2, 0.25) is 15.1 Å². The molecule has 5 nitrogen and oxygen atoms in total. The zero-order valence-corrected chi connectivity index (χ0v) is 20.9. The molecule has 1 fully saturated rings. The summed E-state index contributed by atoms with van der Waals surface area (Å²) in [4.78, 5) is 4.43. The van der Waals surface area contributed by atoms with Crippen molar-refractivity contribution in [2.24, 2.45) is 0 Å². The third-order valence-electron chi connectivity index (χ3n) is 5.71. The maximum absolute atomic E-state index is 6.71. The van der Waals surface area contributed by atoms with Gasteiger partial charge in [-0.05, 0) is 51.1 Å². The summed E-state index contributed by atoms with van der Waals surface area (Å²) in [6.45, 7) is 3.92. The second-order valence-electron chi connectivity index (χ2n) is 7.98. The normalized spacial score (nSPS) is 15.6. The highest BCUT2D eigenvalue weighted by atomic mass is 35.5. The Morgan fingerprint density at radius 3 is 2.73 bits per heavy atom.